The van der Waals surface area contributed by atoms with Gasteiger partial charge in [0.2, 0.25) is 0 Å². The van der Waals surface area contributed by atoms with Crippen molar-refractivity contribution in [3.63, 3.8) is 0 Å². The van der Waals surface area contributed by atoms with Crippen LogP contribution in [-0.2, 0) is 4.79 Å². The first-order valence-electron chi connectivity index (χ1n) is 5.32. The summed E-state index contributed by atoms with van der Waals surface area (Å²) in [6, 6.07) is 5.36. The SMILES string of the molecule is CC(C)NC(=O)C(C)Oc1cc(Br)ccc1Cl. The van der Waals surface area contributed by atoms with Gasteiger partial charge in [-0.15, -0.1) is 0 Å². The molecule has 0 heterocycles. The highest BCUT2D eigenvalue weighted by atomic mass is 79.9. The van der Waals surface area contributed by atoms with Crippen LogP contribution in [0.15, 0.2) is 22.7 Å². The molecular weight excluding hydrogens is 305 g/mol. The predicted octanol–water partition coefficient (Wildman–Crippen LogP) is 3.39. The molecule has 1 amide bonds. The lowest BCUT2D eigenvalue weighted by Crippen LogP contribution is -2.40. The van der Waals surface area contributed by atoms with Crippen LogP contribution in [0.4, 0.5) is 0 Å². The number of hydrogen-bond donors (Lipinski definition) is 1. The first-order chi connectivity index (χ1) is 7.90. The molecule has 1 N–H and O–H groups in total. The van der Waals surface area contributed by atoms with Gasteiger partial charge in [0.25, 0.3) is 5.91 Å². The van der Waals surface area contributed by atoms with E-state index in [2.05, 4.69) is 21.2 Å². The van der Waals surface area contributed by atoms with E-state index in [0.29, 0.717) is 10.8 Å². The molecule has 1 rings (SSSR count). The quantitative estimate of drug-likeness (QED) is 0.923. The molecule has 1 aromatic carbocycles. The molecule has 0 saturated heterocycles. The Morgan fingerprint density at radius 3 is 2.65 bits per heavy atom. The lowest BCUT2D eigenvalue weighted by molar-refractivity contribution is -0.127. The fourth-order valence-electron chi connectivity index (χ4n) is 1.21. The van der Waals surface area contributed by atoms with Crippen LogP contribution in [0.5, 0.6) is 5.75 Å². The number of halogens is 2. The second-order valence-electron chi connectivity index (χ2n) is 4.00. The Morgan fingerprint density at radius 2 is 2.06 bits per heavy atom. The van der Waals surface area contributed by atoms with Crippen LogP contribution < -0.4 is 10.1 Å². The summed E-state index contributed by atoms with van der Waals surface area (Å²) in [5, 5.41) is 3.26. The molecule has 0 saturated carbocycles. The number of carbonyl (C=O) groups is 1. The van der Waals surface area contributed by atoms with E-state index in [1.54, 1.807) is 19.1 Å². The van der Waals surface area contributed by atoms with Gasteiger partial charge in [-0.05, 0) is 39.0 Å². The van der Waals surface area contributed by atoms with Crippen LogP contribution >= 0.6 is 27.5 Å². The Labute approximate surface area is 115 Å². The van der Waals surface area contributed by atoms with Crippen molar-refractivity contribution in [1.29, 1.82) is 0 Å². The van der Waals surface area contributed by atoms with Crippen molar-refractivity contribution in [2.45, 2.75) is 32.9 Å². The number of amides is 1. The first kappa shape index (κ1) is 14.3. The fraction of sp³-hybridized carbons (Fsp3) is 0.417. The van der Waals surface area contributed by atoms with Crippen molar-refractivity contribution in [3.05, 3.63) is 27.7 Å². The maximum absolute atomic E-state index is 11.7. The standard InChI is InChI=1S/C12H15BrClNO2/c1-7(2)15-12(16)8(3)17-11-6-9(13)4-5-10(11)14/h4-8H,1-3H3,(H,15,16). The van der Waals surface area contributed by atoms with Gasteiger partial charge < -0.3 is 10.1 Å². The minimum Gasteiger partial charge on any atom is -0.479 e. The van der Waals surface area contributed by atoms with Gasteiger partial charge in [0.05, 0.1) is 5.02 Å². The Kier molecular flexibility index (Phi) is 5.28. The predicted molar refractivity (Wildman–Crippen MR) is 72.5 cm³/mol. The summed E-state index contributed by atoms with van der Waals surface area (Å²) in [5.41, 5.74) is 0. The zero-order chi connectivity index (χ0) is 13.0. The average molecular weight is 321 g/mol. The topological polar surface area (TPSA) is 38.3 Å². The van der Waals surface area contributed by atoms with Gasteiger partial charge in [-0.25, -0.2) is 0 Å². The number of nitrogens with one attached hydrogen (secondary N) is 1. The Morgan fingerprint density at radius 1 is 1.41 bits per heavy atom. The highest BCUT2D eigenvalue weighted by Crippen LogP contribution is 2.28. The molecule has 0 fully saturated rings. The van der Waals surface area contributed by atoms with E-state index in [-0.39, 0.29) is 11.9 Å². The maximum Gasteiger partial charge on any atom is 0.260 e. The molecule has 0 aliphatic carbocycles. The average Bonchev–Trinajstić information content (AvgIpc) is 2.22. The summed E-state index contributed by atoms with van der Waals surface area (Å²) in [7, 11) is 0. The van der Waals surface area contributed by atoms with Crippen LogP contribution in [0.25, 0.3) is 0 Å². The van der Waals surface area contributed by atoms with E-state index in [0.717, 1.165) is 4.47 Å². The van der Waals surface area contributed by atoms with Crippen molar-refractivity contribution < 1.29 is 9.53 Å². The summed E-state index contributed by atoms with van der Waals surface area (Å²) in [6.45, 7) is 5.49. The molecule has 3 nitrogen and oxygen atoms in total. The van der Waals surface area contributed by atoms with Crippen molar-refractivity contribution in [2.75, 3.05) is 0 Å². The normalized spacial score (nSPS) is 12.4. The van der Waals surface area contributed by atoms with Crippen LogP contribution in [0.2, 0.25) is 5.02 Å². The molecule has 0 bridgehead atoms. The molecule has 5 heteroatoms. The van der Waals surface area contributed by atoms with Crippen LogP contribution in [-0.4, -0.2) is 18.1 Å². The fourth-order valence-corrected chi connectivity index (χ4v) is 1.72. The van der Waals surface area contributed by atoms with Gasteiger partial charge in [0.15, 0.2) is 6.10 Å². The molecule has 1 aromatic rings. The number of hydrogen-bond acceptors (Lipinski definition) is 2. The second-order valence-corrected chi connectivity index (χ2v) is 5.32. The van der Waals surface area contributed by atoms with Crippen molar-refractivity contribution in [2.24, 2.45) is 0 Å². The summed E-state index contributed by atoms with van der Waals surface area (Å²) < 4.78 is 6.37. The molecule has 17 heavy (non-hydrogen) atoms. The molecule has 0 radical (unpaired) electrons. The van der Waals surface area contributed by atoms with E-state index in [1.165, 1.54) is 0 Å². The smallest absolute Gasteiger partial charge is 0.260 e. The molecule has 1 atom stereocenters. The van der Waals surface area contributed by atoms with Gasteiger partial charge >= 0.3 is 0 Å². The molecule has 0 aliphatic heterocycles. The third-order valence-corrected chi connectivity index (χ3v) is 2.80. The summed E-state index contributed by atoms with van der Waals surface area (Å²) >= 11 is 9.30. The first-order valence-corrected chi connectivity index (χ1v) is 6.49. The Hall–Kier alpha value is -0.740. The number of carbonyl (C=O) groups excluding carboxylic acids is 1. The van der Waals surface area contributed by atoms with Gasteiger partial charge in [-0.1, -0.05) is 27.5 Å². The van der Waals surface area contributed by atoms with E-state index < -0.39 is 6.10 Å². The van der Waals surface area contributed by atoms with Crippen molar-refractivity contribution >= 4 is 33.4 Å². The summed E-state index contributed by atoms with van der Waals surface area (Å²) in [5.74, 6) is 0.337. The van der Waals surface area contributed by atoms with E-state index in [1.807, 2.05) is 19.9 Å². The largest absolute Gasteiger partial charge is 0.479 e. The molecule has 0 aliphatic rings. The zero-order valence-electron chi connectivity index (χ0n) is 9.96. The second kappa shape index (κ2) is 6.26. The molecule has 0 aromatic heterocycles. The van der Waals surface area contributed by atoms with Gasteiger partial charge in [-0.3, -0.25) is 4.79 Å². The van der Waals surface area contributed by atoms with E-state index in [4.69, 9.17) is 16.3 Å². The monoisotopic (exact) mass is 319 g/mol. The summed E-state index contributed by atoms with van der Waals surface area (Å²) in [4.78, 5) is 11.7. The third kappa shape index (κ3) is 4.56. The molecular formula is C12H15BrClNO2. The van der Waals surface area contributed by atoms with E-state index >= 15 is 0 Å². The van der Waals surface area contributed by atoms with E-state index in [9.17, 15) is 4.79 Å². The van der Waals surface area contributed by atoms with Gasteiger partial charge in [0, 0.05) is 10.5 Å². The number of rotatable bonds is 4. The van der Waals surface area contributed by atoms with Crippen LogP contribution in [0.3, 0.4) is 0 Å². The highest BCUT2D eigenvalue weighted by Gasteiger charge is 2.16. The molecule has 0 spiro atoms. The van der Waals surface area contributed by atoms with Crippen molar-refractivity contribution in [1.82, 2.24) is 5.32 Å². The number of benzene rings is 1. The highest BCUT2D eigenvalue weighted by molar-refractivity contribution is 9.10. The lowest BCUT2D eigenvalue weighted by atomic mass is 10.3. The maximum atomic E-state index is 11.7. The third-order valence-electron chi connectivity index (χ3n) is 2.00. The number of ether oxygens (including phenoxy) is 1. The molecule has 94 valence electrons. The molecule has 1 unspecified atom stereocenters. The summed E-state index contributed by atoms with van der Waals surface area (Å²) in [6.07, 6.45) is -0.579. The van der Waals surface area contributed by atoms with Crippen LogP contribution in [0, 0.1) is 0 Å². The van der Waals surface area contributed by atoms with Gasteiger partial charge in [-0.2, -0.15) is 0 Å². The van der Waals surface area contributed by atoms with Crippen molar-refractivity contribution in [3.8, 4) is 5.75 Å². The minimum atomic E-state index is -0.579. The van der Waals surface area contributed by atoms with Crippen LogP contribution in [0.1, 0.15) is 20.8 Å². The lowest BCUT2D eigenvalue weighted by Gasteiger charge is -2.17. The zero-order valence-corrected chi connectivity index (χ0v) is 12.3. The Balaban J connectivity index is 2.70. The minimum absolute atomic E-state index is 0.0894. The Bertz CT molecular complexity index is 409. The van der Waals surface area contributed by atoms with Gasteiger partial charge in [0.1, 0.15) is 5.75 Å².